The smallest absolute Gasteiger partial charge is 0.242 e. The van der Waals surface area contributed by atoms with Gasteiger partial charge in [0.25, 0.3) is 0 Å². The number of hydrogen-bond donors (Lipinski definition) is 1. The van der Waals surface area contributed by atoms with Crippen LogP contribution in [0.25, 0.3) is 10.7 Å². The van der Waals surface area contributed by atoms with Crippen LogP contribution in [0, 0.1) is 6.92 Å². The van der Waals surface area contributed by atoms with Gasteiger partial charge in [-0.1, -0.05) is 30.3 Å². The first-order valence-electron chi connectivity index (χ1n) is 10.8. The Hall–Kier alpha value is -2.49. The number of rotatable bonds is 7. The molecule has 1 N–H and O–H groups in total. The largest absolute Gasteiger partial charge is 0.341 e. The number of thiazole rings is 1. The number of benzene rings is 1. The van der Waals surface area contributed by atoms with Gasteiger partial charge in [-0.3, -0.25) is 4.79 Å². The zero-order chi connectivity index (χ0) is 22.7. The summed E-state index contributed by atoms with van der Waals surface area (Å²) in [4.78, 5) is 19.4. The van der Waals surface area contributed by atoms with Crippen molar-refractivity contribution in [3.8, 4) is 10.7 Å². The molecule has 0 unspecified atom stereocenters. The summed E-state index contributed by atoms with van der Waals surface area (Å²) in [6.45, 7) is 5.32. The normalized spacial score (nSPS) is 15.6. The van der Waals surface area contributed by atoms with Crippen LogP contribution in [0.5, 0.6) is 0 Å². The summed E-state index contributed by atoms with van der Waals surface area (Å²) >= 11 is 1.44. The molecular weight excluding hydrogens is 444 g/mol. The van der Waals surface area contributed by atoms with Crippen LogP contribution >= 0.6 is 11.3 Å². The standard InChI is InChI=1S/C23H28N4O3S2/c1-17-16-31-23(24-17)21-13-20(14-27(21)15-22(28)26-11-7-4-8-12-26)32(29,30)25-18(2)19-9-5-3-6-10-19/h3,5-6,9-10,13-14,16,18,25H,4,7-8,11-12,15H2,1-2H3/t18-/m0/s1. The molecule has 170 valence electrons. The molecule has 1 aromatic carbocycles. The van der Waals surface area contributed by atoms with Gasteiger partial charge in [0.2, 0.25) is 15.9 Å². The first-order chi connectivity index (χ1) is 15.3. The number of nitrogens with one attached hydrogen (secondary N) is 1. The van der Waals surface area contributed by atoms with Crippen LogP contribution in [0.15, 0.2) is 52.9 Å². The number of likely N-dealkylation sites (tertiary alicyclic amines) is 1. The van der Waals surface area contributed by atoms with Gasteiger partial charge in [0.15, 0.2) is 0 Å². The van der Waals surface area contributed by atoms with E-state index in [1.807, 2.05) is 54.5 Å². The second kappa shape index (κ2) is 9.56. The van der Waals surface area contributed by atoms with Gasteiger partial charge in [-0.2, -0.15) is 0 Å². The number of piperidine rings is 1. The van der Waals surface area contributed by atoms with Crippen LogP contribution in [-0.4, -0.2) is 41.9 Å². The summed E-state index contributed by atoms with van der Waals surface area (Å²) in [7, 11) is -3.79. The van der Waals surface area contributed by atoms with Gasteiger partial charge >= 0.3 is 0 Å². The van der Waals surface area contributed by atoms with Crippen molar-refractivity contribution < 1.29 is 13.2 Å². The lowest BCUT2D eigenvalue weighted by atomic mass is 10.1. The first-order valence-corrected chi connectivity index (χ1v) is 13.2. The topological polar surface area (TPSA) is 84.3 Å². The molecule has 1 amide bonds. The minimum absolute atomic E-state index is 0.00406. The Bertz CT molecular complexity index is 1180. The lowest BCUT2D eigenvalue weighted by Gasteiger charge is -2.27. The van der Waals surface area contributed by atoms with Gasteiger partial charge in [-0.15, -0.1) is 11.3 Å². The van der Waals surface area contributed by atoms with E-state index in [2.05, 4.69) is 9.71 Å². The summed E-state index contributed by atoms with van der Waals surface area (Å²) in [5.74, 6) is 0.00406. The van der Waals surface area contributed by atoms with Crippen molar-refractivity contribution in [2.75, 3.05) is 13.1 Å². The van der Waals surface area contributed by atoms with Crippen LogP contribution in [0.4, 0.5) is 0 Å². The van der Waals surface area contributed by atoms with Crippen molar-refractivity contribution in [2.45, 2.75) is 50.6 Å². The van der Waals surface area contributed by atoms with Crippen molar-refractivity contribution in [2.24, 2.45) is 0 Å². The minimum atomic E-state index is -3.79. The second-order valence-electron chi connectivity index (χ2n) is 8.18. The fourth-order valence-corrected chi connectivity index (χ4v) is 6.01. The summed E-state index contributed by atoms with van der Waals surface area (Å²) in [6.07, 6.45) is 4.71. The highest BCUT2D eigenvalue weighted by Gasteiger charge is 2.25. The molecule has 9 heteroatoms. The molecule has 0 saturated carbocycles. The molecular formula is C23H28N4O3S2. The minimum Gasteiger partial charge on any atom is -0.341 e. The van der Waals surface area contributed by atoms with Crippen molar-refractivity contribution >= 4 is 27.3 Å². The number of hydrogen-bond acceptors (Lipinski definition) is 5. The lowest BCUT2D eigenvalue weighted by molar-refractivity contribution is -0.132. The first kappa shape index (κ1) is 22.7. The Morgan fingerprint density at radius 2 is 1.91 bits per heavy atom. The SMILES string of the molecule is Cc1csc(-c2cc(S(=O)(=O)N[C@@H](C)c3ccccc3)cn2CC(=O)N2CCCCC2)n1. The number of nitrogens with zero attached hydrogens (tertiary/aromatic N) is 3. The second-order valence-corrected chi connectivity index (χ2v) is 10.8. The van der Waals surface area contributed by atoms with Gasteiger partial charge < -0.3 is 9.47 Å². The van der Waals surface area contributed by atoms with E-state index < -0.39 is 10.0 Å². The average molecular weight is 473 g/mol. The fourth-order valence-electron chi connectivity index (χ4n) is 3.91. The molecule has 1 aliphatic rings. The van der Waals surface area contributed by atoms with E-state index in [1.54, 1.807) is 16.8 Å². The zero-order valence-corrected chi connectivity index (χ0v) is 20.0. The molecule has 3 heterocycles. The quantitative estimate of drug-likeness (QED) is 0.564. The summed E-state index contributed by atoms with van der Waals surface area (Å²) in [5.41, 5.74) is 2.38. The number of aromatic nitrogens is 2. The van der Waals surface area contributed by atoms with Crippen molar-refractivity contribution in [1.29, 1.82) is 0 Å². The third kappa shape index (κ3) is 5.11. The van der Waals surface area contributed by atoms with Crippen LogP contribution in [0.2, 0.25) is 0 Å². The molecule has 0 spiro atoms. The van der Waals surface area contributed by atoms with Crippen LogP contribution in [0.1, 0.15) is 43.5 Å². The predicted molar refractivity (Wildman–Crippen MR) is 126 cm³/mol. The third-order valence-corrected chi connectivity index (χ3v) is 8.16. The highest BCUT2D eigenvalue weighted by atomic mass is 32.2. The van der Waals surface area contributed by atoms with E-state index in [-0.39, 0.29) is 23.4 Å². The molecule has 0 bridgehead atoms. The van der Waals surface area contributed by atoms with Crippen LogP contribution in [0.3, 0.4) is 0 Å². The monoisotopic (exact) mass is 472 g/mol. The molecule has 32 heavy (non-hydrogen) atoms. The molecule has 1 saturated heterocycles. The van der Waals surface area contributed by atoms with Gasteiger partial charge in [-0.05, 0) is 44.7 Å². The Morgan fingerprint density at radius 1 is 1.19 bits per heavy atom. The van der Waals surface area contributed by atoms with Crippen molar-refractivity contribution in [3.63, 3.8) is 0 Å². The fraction of sp³-hybridized carbons (Fsp3) is 0.391. The van der Waals surface area contributed by atoms with Gasteiger partial charge in [0, 0.05) is 36.4 Å². The Kier molecular flexibility index (Phi) is 6.78. The number of sulfonamides is 1. The maximum absolute atomic E-state index is 13.2. The van der Waals surface area contributed by atoms with E-state index in [1.165, 1.54) is 11.3 Å². The summed E-state index contributed by atoms with van der Waals surface area (Å²) in [6, 6.07) is 10.7. The highest BCUT2D eigenvalue weighted by molar-refractivity contribution is 7.89. The van der Waals surface area contributed by atoms with E-state index >= 15 is 0 Å². The van der Waals surface area contributed by atoms with Crippen molar-refractivity contribution in [1.82, 2.24) is 19.2 Å². The molecule has 0 aliphatic carbocycles. The van der Waals surface area contributed by atoms with E-state index in [0.717, 1.165) is 43.6 Å². The number of aryl methyl sites for hydroxylation is 1. The molecule has 1 aliphatic heterocycles. The van der Waals surface area contributed by atoms with Crippen LogP contribution < -0.4 is 4.72 Å². The predicted octanol–water partition coefficient (Wildman–Crippen LogP) is 3.97. The highest BCUT2D eigenvalue weighted by Crippen LogP contribution is 2.29. The van der Waals surface area contributed by atoms with E-state index in [0.29, 0.717) is 10.7 Å². The molecule has 4 rings (SSSR count). The average Bonchev–Trinajstić information content (AvgIpc) is 3.41. The van der Waals surface area contributed by atoms with Crippen molar-refractivity contribution in [3.05, 3.63) is 59.2 Å². The van der Waals surface area contributed by atoms with Gasteiger partial charge in [0.05, 0.1) is 5.69 Å². The zero-order valence-electron chi connectivity index (χ0n) is 18.3. The Morgan fingerprint density at radius 3 is 2.56 bits per heavy atom. The molecule has 3 aromatic rings. The molecule has 0 radical (unpaired) electrons. The number of amides is 1. The van der Waals surface area contributed by atoms with Crippen LogP contribution in [-0.2, 0) is 21.4 Å². The maximum Gasteiger partial charge on any atom is 0.242 e. The number of carbonyl (C=O) groups is 1. The lowest BCUT2D eigenvalue weighted by Crippen LogP contribution is -2.37. The van der Waals surface area contributed by atoms with E-state index in [4.69, 9.17) is 0 Å². The van der Waals surface area contributed by atoms with Gasteiger partial charge in [-0.25, -0.2) is 18.1 Å². The summed E-state index contributed by atoms with van der Waals surface area (Å²) < 4.78 is 30.8. The molecule has 2 aromatic heterocycles. The Labute approximate surface area is 193 Å². The van der Waals surface area contributed by atoms with Gasteiger partial charge in [0.1, 0.15) is 16.4 Å². The number of carbonyl (C=O) groups excluding carboxylic acids is 1. The molecule has 1 atom stereocenters. The third-order valence-electron chi connectivity index (χ3n) is 5.67. The maximum atomic E-state index is 13.2. The Balaban J connectivity index is 1.63. The summed E-state index contributed by atoms with van der Waals surface area (Å²) in [5, 5.41) is 2.62. The van der Waals surface area contributed by atoms with E-state index in [9.17, 15) is 13.2 Å². The molecule has 1 fully saturated rings. The molecule has 7 nitrogen and oxygen atoms in total.